The molecule has 0 radical (unpaired) electrons. The maximum atomic E-state index is 12.9. The lowest BCUT2D eigenvalue weighted by atomic mass is 9.91. The Morgan fingerprint density at radius 2 is 1.76 bits per heavy atom. The van der Waals surface area contributed by atoms with Crippen LogP contribution in [0.5, 0.6) is 5.95 Å². The number of amides is 1. The van der Waals surface area contributed by atoms with E-state index in [0.717, 1.165) is 17.7 Å². The number of nitrogens with zero attached hydrogens (tertiary/aromatic N) is 1. The quantitative estimate of drug-likeness (QED) is 0.626. The lowest BCUT2D eigenvalue weighted by Crippen LogP contribution is -2.46. The van der Waals surface area contributed by atoms with Gasteiger partial charge in [-0.15, -0.1) is 0 Å². The number of ether oxygens (including phenoxy) is 2. The fraction of sp³-hybridized carbons (Fsp3) is 0.375. The minimum Gasteiger partial charge on any atom is -0.462 e. The van der Waals surface area contributed by atoms with Crippen LogP contribution in [0.2, 0.25) is 0 Å². The van der Waals surface area contributed by atoms with E-state index in [2.05, 4.69) is 0 Å². The molecule has 2 saturated heterocycles. The van der Waals surface area contributed by atoms with E-state index < -0.39 is 17.3 Å². The minimum atomic E-state index is -4.44. The predicted octanol–water partition coefficient (Wildman–Crippen LogP) is 4.35. The lowest BCUT2D eigenvalue weighted by molar-refractivity contribution is -0.184. The number of hydrogen-bond donors (Lipinski definition) is 1. The fourth-order valence-corrected chi connectivity index (χ4v) is 4.15. The van der Waals surface area contributed by atoms with Crippen LogP contribution in [0.1, 0.15) is 34.3 Å². The van der Waals surface area contributed by atoms with Crippen LogP contribution in [0.15, 0.2) is 52.9 Å². The number of likely N-dealkylation sites (tertiary alicyclic amines) is 1. The summed E-state index contributed by atoms with van der Waals surface area (Å²) in [4.78, 5) is 14.6. The minimum absolute atomic E-state index is 0.0970. The van der Waals surface area contributed by atoms with Crippen LogP contribution in [0.3, 0.4) is 0 Å². The second-order valence-corrected chi connectivity index (χ2v) is 8.53. The van der Waals surface area contributed by atoms with Crippen molar-refractivity contribution < 1.29 is 37.0 Å². The third-order valence-electron chi connectivity index (χ3n) is 6.19. The predicted molar refractivity (Wildman–Crippen MR) is 112 cm³/mol. The van der Waals surface area contributed by atoms with Crippen molar-refractivity contribution in [3.05, 3.63) is 65.2 Å². The summed E-state index contributed by atoms with van der Waals surface area (Å²) in [6.07, 6.45) is -3.49. The van der Waals surface area contributed by atoms with Crippen LogP contribution in [0, 0.1) is 0 Å². The Morgan fingerprint density at radius 1 is 1.06 bits per heavy atom. The molecular formula is C24H22F3NO5. The van der Waals surface area contributed by atoms with Gasteiger partial charge in [0.15, 0.2) is 0 Å². The fourth-order valence-electron chi connectivity index (χ4n) is 4.15. The molecule has 2 aliphatic heterocycles. The summed E-state index contributed by atoms with van der Waals surface area (Å²) >= 11 is 0. The molecule has 0 spiro atoms. The number of carbonyl (C=O) groups is 1. The monoisotopic (exact) mass is 461 g/mol. The molecule has 0 atom stereocenters. The molecule has 3 heterocycles. The van der Waals surface area contributed by atoms with Crippen molar-refractivity contribution in [3.8, 4) is 5.95 Å². The summed E-state index contributed by atoms with van der Waals surface area (Å²) in [5.41, 5.74) is -0.354. The van der Waals surface area contributed by atoms with Crippen molar-refractivity contribution in [2.24, 2.45) is 0 Å². The first-order valence-electron chi connectivity index (χ1n) is 10.7. The molecule has 3 aromatic rings. The van der Waals surface area contributed by atoms with Gasteiger partial charge in [0.05, 0.1) is 18.8 Å². The first kappa shape index (κ1) is 21.8. The zero-order valence-electron chi connectivity index (χ0n) is 17.6. The van der Waals surface area contributed by atoms with Crippen molar-refractivity contribution in [2.75, 3.05) is 26.3 Å². The maximum Gasteiger partial charge on any atom is 0.416 e. The van der Waals surface area contributed by atoms with Crippen LogP contribution >= 0.6 is 0 Å². The largest absolute Gasteiger partial charge is 0.462 e. The van der Waals surface area contributed by atoms with E-state index >= 15 is 0 Å². The molecule has 1 N–H and O–H groups in total. The van der Waals surface area contributed by atoms with Gasteiger partial charge in [0.1, 0.15) is 17.3 Å². The number of alkyl halides is 3. The van der Waals surface area contributed by atoms with Crippen LogP contribution in [0.4, 0.5) is 13.2 Å². The first-order chi connectivity index (χ1) is 15.7. The third-order valence-corrected chi connectivity index (χ3v) is 6.19. The average Bonchev–Trinajstić information content (AvgIpc) is 3.18. The van der Waals surface area contributed by atoms with E-state index in [0.29, 0.717) is 36.9 Å². The molecule has 2 aromatic carbocycles. The van der Waals surface area contributed by atoms with Crippen LogP contribution in [-0.2, 0) is 16.5 Å². The number of piperidine rings is 1. The number of furan rings is 1. The van der Waals surface area contributed by atoms with E-state index in [9.17, 15) is 23.1 Å². The van der Waals surface area contributed by atoms with Gasteiger partial charge in [0.2, 0.25) is 0 Å². The number of rotatable bonds is 4. The van der Waals surface area contributed by atoms with E-state index in [4.69, 9.17) is 13.9 Å². The molecule has 0 aliphatic carbocycles. The smallest absolute Gasteiger partial charge is 0.416 e. The summed E-state index contributed by atoms with van der Waals surface area (Å²) in [6, 6.07) is 11.8. The Balaban J connectivity index is 1.18. The summed E-state index contributed by atoms with van der Waals surface area (Å²) in [6.45, 7) is 1.48. The van der Waals surface area contributed by atoms with Crippen molar-refractivity contribution in [1.29, 1.82) is 0 Å². The zero-order chi connectivity index (χ0) is 23.2. The lowest BCUT2D eigenvalue weighted by Gasteiger charge is -2.36. The number of hydrogen-bond acceptors (Lipinski definition) is 5. The van der Waals surface area contributed by atoms with Crippen molar-refractivity contribution in [1.82, 2.24) is 4.90 Å². The van der Waals surface area contributed by atoms with Crippen LogP contribution in [0.25, 0.3) is 11.0 Å². The summed E-state index contributed by atoms with van der Waals surface area (Å²) in [5.74, 6) is 0.0721. The Labute approximate surface area is 187 Å². The van der Waals surface area contributed by atoms with Crippen molar-refractivity contribution in [2.45, 2.75) is 30.7 Å². The van der Waals surface area contributed by atoms with E-state index in [1.54, 1.807) is 35.2 Å². The molecule has 2 aliphatic rings. The summed E-state index contributed by atoms with van der Waals surface area (Å²) < 4.78 is 55.0. The molecule has 174 valence electrons. The zero-order valence-corrected chi connectivity index (χ0v) is 17.6. The number of aliphatic hydroxyl groups is 1. The standard InChI is InChI=1S/C24H22F3NO5/c25-24(26,27)18-6-3-16-11-21(33-20(16)12-18)32-19-7-9-28(10-8-19)22(29)15-1-4-17(5-2-15)23(30)13-31-14-23/h1-6,11-12,19,30H,7-10,13-14H2. The van der Waals surface area contributed by atoms with Gasteiger partial charge in [0, 0.05) is 42.9 Å². The van der Waals surface area contributed by atoms with E-state index in [-0.39, 0.29) is 36.8 Å². The second kappa shape index (κ2) is 8.07. The molecule has 0 unspecified atom stereocenters. The second-order valence-electron chi connectivity index (χ2n) is 8.53. The highest BCUT2D eigenvalue weighted by atomic mass is 19.4. The Bertz CT molecular complexity index is 1160. The average molecular weight is 461 g/mol. The highest BCUT2D eigenvalue weighted by Gasteiger charge is 2.38. The molecular weight excluding hydrogens is 439 g/mol. The number of carbonyl (C=O) groups excluding carboxylic acids is 1. The van der Waals surface area contributed by atoms with Crippen LogP contribution < -0.4 is 4.74 Å². The van der Waals surface area contributed by atoms with Gasteiger partial charge in [-0.1, -0.05) is 18.2 Å². The number of halogens is 3. The Kier molecular flexibility index (Phi) is 5.33. The molecule has 2 fully saturated rings. The van der Waals surface area contributed by atoms with E-state index in [1.165, 1.54) is 6.07 Å². The van der Waals surface area contributed by atoms with Gasteiger partial charge >= 0.3 is 6.18 Å². The number of fused-ring (bicyclic) bond motifs is 1. The molecule has 0 bridgehead atoms. The SMILES string of the molecule is O=C(c1ccc(C2(O)COC2)cc1)N1CCC(Oc2cc3ccc(C(F)(F)F)cc3o2)CC1. The molecule has 6 nitrogen and oxygen atoms in total. The van der Waals surface area contributed by atoms with Gasteiger partial charge < -0.3 is 23.9 Å². The maximum absolute atomic E-state index is 12.9. The van der Waals surface area contributed by atoms with Crippen LogP contribution in [-0.4, -0.2) is 48.3 Å². The van der Waals surface area contributed by atoms with Gasteiger partial charge in [-0.25, -0.2) is 0 Å². The van der Waals surface area contributed by atoms with Gasteiger partial charge in [0.25, 0.3) is 11.9 Å². The first-order valence-corrected chi connectivity index (χ1v) is 10.7. The number of benzene rings is 2. The Hall–Kier alpha value is -3.04. The topological polar surface area (TPSA) is 72.1 Å². The van der Waals surface area contributed by atoms with Crippen molar-refractivity contribution >= 4 is 16.9 Å². The summed E-state index contributed by atoms with van der Waals surface area (Å²) in [5, 5.41) is 10.8. The molecule has 33 heavy (non-hydrogen) atoms. The van der Waals surface area contributed by atoms with Gasteiger partial charge in [-0.05, 0) is 29.8 Å². The summed E-state index contributed by atoms with van der Waals surface area (Å²) in [7, 11) is 0. The third kappa shape index (κ3) is 4.30. The van der Waals surface area contributed by atoms with Crippen molar-refractivity contribution in [3.63, 3.8) is 0 Å². The molecule has 5 rings (SSSR count). The molecule has 1 aromatic heterocycles. The normalized spacial score (nSPS) is 18.8. The molecule has 1 amide bonds. The Morgan fingerprint density at radius 3 is 2.36 bits per heavy atom. The van der Waals surface area contributed by atoms with Gasteiger partial charge in [-0.3, -0.25) is 4.79 Å². The van der Waals surface area contributed by atoms with Gasteiger partial charge in [-0.2, -0.15) is 13.2 Å². The highest BCUT2D eigenvalue weighted by Crippen LogP contribution is 2.34. The molecule has 9 heteroatoms. The van der Waals surface area contributed by atoms with E-state index in [1.807, 2.05) is 0 Å². The molecule has 0 saturated carbocycles. The highest BCUT2D eigenvalue weighted by molar-refractivity contribution is 5.94.